The highest BCUT2D eigenvalue weighted by molar-refractivity contribution is 5.98. The first kappa shape index (κ1) is 18.2. The van der Waals surface area contributed by atoms with Crippen LogP contribution in [0.25, 0.3) is 0 Å². The number of carbonyl (C=O) groups excluding carboxylic acids is 3. The molecule has 1 unspecified atom stereocenters. The van der Waals surface area contributed by atoms with E-state index >= 15 is 0 Å². The topological polar surface area (TPSA) is 85.4 Å². The normalized spacial score (nSPS) is 19.6. The molecular formula is C18H22N2O6. The van der Waals surface area contributed by atoms with Crippen molar-refractivity contribution >= 4 is 23.5 Å². The summed E-state index contributed by atoms with van der Waals surface area (Å²) in [6.45, 7) is 3.21. The van der Waals surface area contributed by atoms with Crippen LogP contribution in [0, 0.1) is 0 Å². The molecule has 1 aromatic carbocycles. The van der Waals surface area contributed by atoms with E-state index < -0.39 is 5.97 Å². The molecule has 140 valence electrons. The van der Waals surface area contributed by atoms with Gasteiger partial charge in [0.2, 0.25) is 0 Å². The molecule has 1 atom stereocenters. The summed E-state index contributed by atoms with van der Waals surface area (Å²) in [5.74, 6) is -0.357. The number of ether oxygens (including phenoxy) is 3. The number of rotatable bonds is 5. The molecule has 0 aromatic heterocycles. The highest BCUT2D eigenvalue weighted by atomic mass is 16.5. The Labute approximate surface area is 151 Å². The largest absolute Gasteiger partial charge is 0.482 e. The number of hydrogen-bond donors (Lipinski definition) is 0. The van der Waals surface area contributed by atoms with Gasteiger partial charge in [0.05, 0.1) is 24.8 Å². The third kappa shape index (κ3) is 4.32. The molecule has 0 saturated carbocycles. The number of anilines is 1. The molecule has 1 fully saturated rings. The maximum absolute atomic E-state index is 12.1. The van der Waals surface area contributed by atoms with E-state index in [1.54, 1.807) is 23.1 Å². The van der Waals surface area contributed by atoms with Gasteiger partial charge in [0.1, 0.15) is 5.75 Å². The molecule has 1 saturated heterocycles. The lowest BCUT2D eigenvalue weighted by molar-refractivity contribution is -0.154. The Morgan fingerprint density at radius 1 is 1.31 bits per heavy atom. The summed E-state index contributed by atoms with van der Waals surface area (Å²) in [5, 5.41) is 0. The Kier molecular flexibility index (Phi) is 5.72. The highest BCUT2D eigenvalue weighted by Gasteiger charge is 2.26. The minimum Gasteiger partial charge on any atom is -0.482 e. The van der Waals surface area contributed by atoms with Crippen molar-refractivity contribution in [2.24, 2.45) is 0 Å². The molecule has 3 rings (SSSR count). The van der Waals surface area contributed by atoms with Crippen LogP contribution in [0.3, 0.4) is 0 Å². The van der Waals surface area contributed by atoms with Crippen molar-refractivity contribution in [1.29, 1.82) is 0 Å². The van der Waals surface area contributed by atoms with Gasteiger partial charge in [0.25, 0.3) is 11.8 Å². The molecule has 0 N–H and O–H groups in total. The van der Waals surface area contributed by atoms with Crippen molar-refractivity contribution in [2.75, 3.05) is 44.4 Å². The van der Waals surface area contributed by atoms with Crippen molar-refractivity contribution in [2.45, 2.75) is 19.4 Å². The van der Waals surface area contributed by atoms with Crippen LogP contribution >= 0.6 is 0 Å². The molecule has 8 heteroatoms. The van der Waals surface area contributed by atoms with Crippen LogP contribution in [0.5, 0.6) is 5.75 Å². The Hall–Kier alpha value is -2.61. The SMILES string of the molecule is CC1CN(C(=O)COC(=O)CCN2C(=O)COc3ccccc32)CCO1. The van der Waals surface area contributed by atoms with E-state index in [1.165, 1.54) is 4.90 Å². The zero-order chi connectivity index (χ0) is 18.5. The summed E-state index contributed by atoms with van der Waals surface area (Å²) in [6, 6.07) is 7.16. The van der Waals surface area contributed by atoms with E-state index in [1.807, 2.05) is 13.0 Å². The maximum atomic E-state index is 12.1. The third-order valence-electron chi connectivity index (χ3n) is 4.30. The fourth-order valence-electron chi connectivity index (χ4n) is 2.95. The van der Waals surface area contributed by atoms with E-state index in [0.717, 1.165) is 0 Å². The molecule has 0 bridgehead atoms. The van der Waals surface area contributed by atoms with E-state index in [0.29, 0.717) is 31.1 Å². The Bertz CT molecular complexity index is 692. The molecular weight excluding hydrogens is 340 g/mol. The van der Waals surface area contributed by atoms with Gasteiger partial charge in [-0.05, 0) is 19.1 Å². The zero-order valence-corrected chi connectivity index (χ0v) is 14.7. The number of fused-ring (bicyclic) bond motifs is 1. The number of esters is 1. The first-order valence-electron chi connectivity index (χ1n) is 8.62. The Balaban J connectivity index is 1.47. The van der Waals surface area contributed by atoms with Gasteiger partial charge >= 0.3 is 5.97 Å². The van der Waals surface area contributed by atoms with Gasteiger partial charge in [0.15, 0.2) is 13.2 Å². The van der Waals surface area contributed by atoms with Gasteiger partial charge in [-0.2, -0.15) is 0 Å². The standard InChI is InChI=1S/C18H22N2O6/c1-13-10-19(8-9-24-13)16(21)11-26-18(23)6-7-20-14-4-2-3-5-15(14)25-12-17(20)22/h2-5,13H,6-12H2,1H3. The number of morpholine rings is 1. The van der Waals surface area contributed by atoms with Gasteiger partial charge in [-0.25, -0.2) is 0 Å². The molecule has 1 aromatic rings. The minimum atomic E-state index is -0.517. The maximum Gasteiger partial charge on any atom is 0.308 e. The molecule has 2 aliphatic heterocycles. The van der Waals surface area contributed by atoms with Crippen LogP contribution in [0.2, 0.25) is 0 Å². The van der Waals surface area contributed by atoms with E-state index in [4.69, 9.17) is 14.2 Å². The van der Waals surface area contributed by atoms with Crippen molar-refractivity contribution in [1.82, 2.24) is 4.90 Å². The van der Waals surface area contributed by atoms with Crippen molar-refractivity contribution in [3.05, 3.63) is 24.3 Å². The lowest BCUT2D eigenvalue weighted by atomic mass is 10.2. The van der Waals surface area contributed by atoms with Crippen molar-refractivity contribution in [3.8, 4) is 5.75 Å². The fourth-order valence-corrected chi connectivity index (χ4v) is 2.95. The van der Waals surface area contributed by atoms with Crippen LogP contribution in [0.15, 0.2) is 24.3 Å². The summed E-state index contributed by atoms with van der Waals surface area (Å²) in [6.07, 6.45) is -0.0110. The lowest BCUT2D eigenvalue weighted by Gasteiger charge is -2.31. The number of amides is 2. The second kappa shape index (κ2) is 8.18. The molecule has 2 heterocycles. The van der Waals surface area contributed by atoms with E-state index in [-0.39, 0.29) is 44.1 Å². The minimum absolute atomic E-state index is 0.00681. The van der Waals surface area contributed by atoms with Gasteiger partial charge in [-0.15, -0.1) is 0 Å². The van der Waals surface area contributed by atoms with Crippen molar-refractivity contribution < 1.29 is 28.6 Å². The predicted molar refractivity (Wildman–Crippen MR) is 91.9 cm³/mol. The monoisotopic (exact) mass is 362 g/mol. The summed E-state index contributed by atoms with van der Waals surface area (Å²) in [5.41, 5.74) is 0.634. The van der Waals surface area contributed by atoms with Gasteiger partial charge in [0, 0.05) is 19.6 Å². The van der Waals surface area contributed by atoms with Crippen LogP contribution < -0.4 is 9.64 Å². The molecule has 0 aliphatic carbocycles. The predicted octanol–water partition coefficient (Wildman–Crippen LogP) is 0.593. The van der Waals surface area contributed by atoms with E-state index in [9.17, 15) is 14.4 Å². The quantitative estimate of drug-likeness (QED) is 0.713. The number of nitrogens with zero attached hydrogens (tertiary/aromatic N) is 2. The van der Waals surface area contributed by atoms with Crippen molar-refractivity contribution in [3.63, 3.8) is 0 Å². The Morgan fingerprint density at radius 2 is 2.12 bits per heavy atom. The first-order valence-corrected chi connectivity index (χ1v) is 8.62. The second-order valence-corrected chi connectivity index (χ2v) is 6.23. The summed E-state index contributed by atoms with van der Waals surface area (Å²) >= 11 is 0. The number of para-hydroxylation sites is 2. The summed E-state index contributed by atoms with van der Waals surface area (Å²) in [4.78, 5) is 39.2. The average Bonchev–Trinajstić information content (AvgIpc) is 2.65. The molecule has 2 aliphatic rings. The summed E-state index contributed by atoms with van der Waals surface area (Å²) in [7, 11) is 0. The van der Waals surface area contributed by atoms with Gasteiger partial charge in [-0.3, -0.25) is 14.4 Å². The molecule has 8 nitrogen and oxygen atoms in total. The number of hydrogen-bond acceptors (Lipinski definition) is 6. The molecule has 0 spiro atoms. The molecule has 2 amide bonds. The van der Waals surface area contributed by atoms with E-state index in [2.05, 4.69) is 0 Å². The van der Waals surface area contributed by atoms with Crippen LogP contribution in [-0.4, -0.2) is 68.2 Å². The second-order valence-electron chi connectivity index (χ2n) is 6.23. The Morgan fingerprint density at radius 3 is 2.92 bits per heavy atom. The highest BCUT2D eigenvalue weighted by Crippen LogP contribution is 2.31. The van der Waals surface area contributed by atoms with Gasteiger partial charge in [-0.1, -0.05) is 12.1 Å². The molecule has 26 heavy (non-hydrogen) atoms. The van der Waals surface area contributed by atoms with Crippen LogP contribution in [0.4, 0.5) is 5.69 Å². The zero-order valence-electron chi connectivity index (χ0n) is 14.7. The third-order valence-corrected chi connectivity index (χ3v) is 4.30. The number of benzene rings is 1. The fraction of sp³-hybridized carbons (Fsp3) is 0.500. The van der Waals surface area contributed by atoms with Crippen LogP contribution in [-0.2, 0) is 23.9 Å². The summed E-state index contributed by atoms with van der Waals surface area (Å²) < 4.78 is 15.8. The number of carbonyl (C=O) groups is 3. The lowest BCUT2D eigenvalue weighted by Crippen LogP contribution is -2.46. The first-order chi connectivity index (χ1) is 12.5. The van der Waals surface area contributed by atoms with Gasteiger partial charge < -0.3 is 24.0 Å². The average molecular weight is 362 g/mol. The van der Waals surface area contributed by atoms with Crippen LogP contribution in [0.1, 0.15) is 13.3 Å². The molecule has 0 radical (unpaired) electrons. The smallest absolute Gasteiger partial charge is 0.308 e.